The van der Waals surface area contributed by atoms with Gasteiger partial charge in [-0.15, -0.1) is 11.6 Å². The van der Waals surface area contributed by atoms with Gasteiger partial charge in [-0.3, -0.25) is 0 Å². The minimum atomic E-state index is 0.103. The summed E-state index contributed by atoms with van der Waals surface area (Å²) in [4.78, 5) is 0. The van der Waals surface area contributed by atoms with Crippen LogP contribution in [0.15, 0.2) is 18.2 Å². The first kappa shape index (κ1) is 12.6. The molecule has 1 aromatic carbocycles. The highest BCUT2D eigenvalue weighted by Crippen LogP contribution is 2.46. The van der Waals surface area contributed by atoms with Gasteiger partial charge in [-0.25, -0.2) is 0 Å². The molecule has 0 heterocycles. The molecule has 2 rings (SSSR count). The fraction of sp³-hybridized carbons (Fsp3) is 0.571. The Labute approximate surface area is 108 Å². The predicted molar refractivity (Wildman–Crippen MR) is 70.4 cm³/mol. The number of halogens is 1. The van der Waals surface area contributed by atoms with Gasteiger partial charge in [0.25, 0.3) is 0 Å². The Hall–Kier alpha value is -0.890. The summed E-state index contributed by atoms with van der Waals surface area (Å²) in [6, 6.07) is 5.98. The average Bonchev–Trinajstić information content (AvgIpc) is 2.69. The first-order valence-electron chi connectivity index (χ1n) is 5.95. The molecule has 0 saturated heterocycles. The van der Waals surface area contributed by atoms with Crippen molar-refractivity contribution in [2.24, 2.45) is 0 Å². The summed E-state index contributed by atoms with van der Waals surface area (Å²) in [6.45, 7) is 2.26. The third-order valence-electron chi connectivity index (χ3n) is 3.74. The zero-order valence-electron chi connectivity index (χ0n) is 10.6. The third kappa shape index (κ3) is 2.37. The van der Waals surface area contributed by atoms with E-state index >= 15 is 0 Å². The molecule has 94 valence electrons. The lowest BCUT2D eigenvalue weighted by molar-refractivity contribution is 0.378. The van der Waals surface area contributed by atoms with Crippen molar-refractivity contribution in [3.05, 3.63) is 23.8 Å². The third-order valence-corrected chi connectivity index (χ3v) is 4.11. The van der Waals surface area contributed by atoms with Crippen LogP contribution in [-0.2, 0) is 5.41 Å². The molecule has 3 heteroatoms. The molecule has 0 N–H and O–H groups in total. The van der Waals surface area contributed by atoms with Crippen molar-refractivity contribution < 1.29 is 9.47 Å². The molecule has 17 heavy (non-hydrogen) atoms. The van der Waals surface area contributed by atoms with Gasteiger partial charge in [0.05, 0.1) is 14.2 Å². The second kappa shape index (κ2) is 4.77. The van der Waals surface area contributed by atoms with Gasteiger partial charge in [0.15, 0.2) is 0 Å². The monoisotopic (exact) mass is 254 g/mol. The zero-order valence-corrected chi connectivity index (χ0v) is 11.4. The summed E-state index contributed by atoms with van der Waals surface area (Å²) in [6.07, 6.45) is 3.17. The molecule has 2 atom stereocenters. The minimum absolute atomic E-state index is 0.103. The normalized spacial score (nSPS) is 28.1. The lowest BCUT2D eigenvalue weighted by atomic mass is 9.80. The summed E-state index contributed by atoms with van der Waals surface area (Å²) in [5, 5.41) is 0.274. The number of rotatable bonds is 3. The van der Waals surface area contributed by atoms with E-state index in [-0.39, 0.29) is 10.8 Å². The van der Waals surface area contributed by atoms with Gasteiger partial charge in [-0.1, -0.05) is 6.92 Å². The lowest BCUT2D eigenvalue weighted by Crippen LogP contribution is -2.19. The first-order valence-corrected chi connectivity index (χ1v) is 6.39. The minimum Gasteiger partial charge on any atom is -0.497 e. The summed E-state index contributed by atoms with van der Waals surface area (Å²) >= 11 is 6.24. The van der Waals surface area contributed by atoms with Crippen molar-refractivity contribution in [3.8, 4) is 11.5 Å². The molecule has 0 aromatic heterocycles. The van der Waals surface area contributed by atoms with Crippen LogP contribution in [0.4, 0.5) is 0 Å². The van der Waals surface area contributed by atoms with Crippen molar-refractivity contribution >= 4 is 11.6 Å². The van der Waals surface area contributed by atoms with Crippen LogP contribution in [-0.4, -0.2) is 19.6 Å². The van der Waals surface area contributed by atoms with E-state index in [1.165, 1.54) is 5.56 Å². The molecule has 1 saturated carbocycles. The summed E-state index contributed by atoms with van der Waals surface area (Å²) in [5.41, 5.74) is 1.31. The molecule has 2 unspecified atom stereocenters. The zero-order chi connectivity index (χ0) is 12.5. The highest BCUT2D eigenvalue weighted by molar-refractivity contribution is 6.20. The molecule has 0 radical (unpaired) electrons. The molecular weight excluding hydrogens is 236 g/mol. The summed E-state index contributed by atoms with van der Waals surface area (Å²) in [7, 11) is 3.40. The van der Waals surface area contributed by atoms with Gasteiger partial charge < -0.3 is 9.47 Å². The van der Waals surface area contributed by atoms with Crippen LogP contribution >= 0.6 is 11.6 Å². The van der Waals surface area contributed by atoms with E-state index in [0.29, 0.717) is 0 Å². The molecule has 0 amide bonds. The number of ether oxygens (including phenoxy) is 2. The maximum Gasteiger partial charge on any atom is 0.122 e. The van der Waals surface area contributed by atoms with E-state index in [4.69, 9.17) is 21.1 Å². The van der Waals surface area contributed by atoms with Crippen LogP contribution in [0.1, 0.15) is 31.7 Å². The van der Waals surface area contributed by atoms with Crippen LogP contribution in [0.5, 0.6) is 11.5 Å². The van der Waals surface area contributed by atoms with Crippen molar-refractivity contribution in [1.29, 1.82) is 0 Å². The number of methoxy groups -OCH3 is 2. The number of hydrogen-bond donors (Lipinski definition) is 0. The van der Waals surface area contributed by atoms with Crippen molar-refractivity contribution in [2.75, 3.05) is 14.2 Å². The van der Waals surface area contributed by atoms with E-state index in [2.05, 4.69) is 13.0 Å². The molecule has 0 aliphatic heterocycles. The summed E-state index contributed by atoms with van der Waals surface area (Å²) in [5.74, 6) is 1.80. The highest BCUT2D eigenvalue weighted by Gasteiger charge is 2.37. The number of benzene rings is 1. The molecular formula is C14H19ClO2. The molecule has 1 aromatic rings. The van der Waals surface area contributed by atoms with Gasteiger partial charge in [-0.05, 0) is 42.9 Å². The Morgan fingerprint density at radius 3 is 2.59 bits per heavy atom. The Morgan fingerprint density at radius 2 is 2.06 bits per heavy atom. The summed E-state index contributed by atoms with van der Waals surface area (Å²) < 4.78 is 10.8. The largest absolute Gasteiger partial charge is 0.497 e. The standard InChI is InChI=1S/C14H19ClO2/c1-14(7-6-10(15)9-14)12-8-11(16-2)4-5-13(12)17-3/h4-5,8,10H,6-7,9H2,1-3H3. The van der Waals surface area contributed by atoms with E-state index in [9.17, 15) is 0 Å². The Morgan fingerprint density at radius 1 is 1.29 bits per heavy atom. The molecule has 1 fully saturated rings. The Bertz CT molecular complexity index is 405. The molecule has 1 aliphatic rings. The quantitative estimate of drug-likeness (QED) is 0.765. The maximum atomic E-state index is 6.24. The van der Waals surface area contributed by atoms with Crippen LogP contribution in [0.3, 0.4) is 0 Å². The predicted octanol–water partition coefficient (Wildman–Crippen LogP) is 3.75. The number of alkyl halides is 1. The van der Waals surface area contributed by atoms with Gasteiger partial charge in [0.1, 0.15) is 11.5 Å². The topological polar surface area (TPSA) is 18.5 Å². The Kier molecular flexibility index (Phi) is 3.53. The fourth-order valence-electron chi connectivity index (χ4n) is 2.70. The smallest absolute Gasteiger partial charge is 0.122 e. The fourth-order valence-corrected chi connectivity index (χ4v) is 3.15. The van der Waals surface area contributed by atoms with E-state index in [0.717, 1.165) is 30.8 Å². The van der Waals surface area contributed by atoms with Crippen molar-refractivity contribution in [2.45, 2.75) is 37.0 Å². The molecule has 1 aliphatic carbocycles. The van der Waals surface area contributed by atoms with Crippen LogP contribution in [0.2, 0.25) is 0 Å². The van der Waals surface area contributed by atoms with E-state index in [1.807, 2.05) is 12.1 Å². The Balaban J connectivity index is 2.41. The van der Waals surface area contributed by atoms with Crippen LogP contribution in [0, 0.1) is 0 Å². The second-order valence-corrected chi connectivity index (χ2v) is 5.58. The van der Waals surface area contributed by atoms with Crippen molar-refractivity contribution in [3.63, 3.8) is 0 Å². The molecule has 0 spiro atoms. The highest BCUT2D eigenvalue weighted by atomic mass is 35.5. The van der Waals surface area contributed by atoms with Gasteiger partial charge in [0, 0.05) is 10.9 Å². The average molecular weight is 255 g/mol. The van der Waals surface area contributed by atoms with E-state index in [1.54, 1.807) is 14.2 Å². The van der Waals surface area contributed by atoms with Gasteiger partial charge in [-0.2, -0.15) is 0 Å². The SMILES string of the molecule is COc1ccc(OC)c(C2(C)CCC(Cl)C2)c1. The van der Waals surface area contributed by atoms with E-state index < -0.39 is 0 Å². The maximum absolute atomic E-state index is 6.24. The second-order valence-electron chi connectivity index (χ2n) is 4.97. The molecule has 0 bridgehead atoms. The first-order chi connectivity index (χ1) is 8.09. The van der Waals surface area contributed by atoms with Gasteiger partial charge >= 0.3 is 0 Å². The van der Waals surface area contributed by atoms with Crippen LogP contribution in [0.25, 0.3) is 0 Å². The van der Waals surface area contributed by atoms with Crippen molar-refractivity contribution in [1.82, 2.24) is 0 Å². The van der Waals surface area contributed by atoms with Crippen LogP contribution < -0.4 is 9.47 Å². The number of hydrogen-bond acceptors (Lipinski definition) is 2. The lowest BCUT2D eigenvalue weighted by Gasteiger charge is -2.26. The van der Waals surface area contributed by atoms with Gasteiger partial charge in [0.2, 0.25) is 0 Å². The molecule has 2 nitrogen and oxygen atoms in total.